The summed E-state index contributed by atoms with van der Waals surface area (Å²) >= 11 is 0. The Labute approximate surface area is 262 Å². The molecule has 1 saturated heterocycles. The molecule has 41 heavy (non-hydrogen) atoms. The van der Waals surface area contributed by atoms with Gasteiger partial charge in [-0.25, -0.2) is 10.5 Å². The summed E-state index contributed by atoms with van der Waals surface area (Å²) in [5.74, 6) is -0.172. The van der Waals surface area contributed by atoms with Crippen LogP contribution in [0.1, 0.15) is 34.2 Å². The Morgan fingerprint density at radius 1 is 1.05 bits per heavy atom. The first kappa shape index (κ1) is 33.5. The van der Waals surface area contributed by atoms with Gasteiger partial charge in [0.25, 0.3) is 0 Å². The first-order chi connectivity index (χ1) is 19.4. The fourth-order valence-electron chi connectivity index (χ4n) is 4.06. The molecule has 1 heterocycles. The maximum absolute atomic E-state index is 14.3. The van der Waals surface area contributed by atoms with E-state index in [1.807, 2.05) is 29.4 Å². The minimum Gasteiger partial charge on any atom is -0.559 e. The van der Waals surface area contributed by atoms with E-state index in [0.717, 1.165) is 38.3 Å². The molecule has 8 nitrogen and oxygen atoms in total. The van der Waals surface area contributed by atoms with Gasteiger partial charge in [0.1, 0.15) is 5.82 Å². The van der Waals surface area contributed by atoms with Gasteiger partial charge in [-0.1, -0.05) is 24.3 Å². The van der Waals surface area contributed by atoms with Crippen molar-refractivity contribution in [3.05, 3.63) is 108 Å². The molecule has 1 aliphatic rings. The zero-order chi connectivity index (χ0) is 28.9. The number of hydrogen-bond donors (Lipinski definition) is 1. The fraction of sp³-hybridized carbons (Fsp3) is 0.226. The minimum absolute atomic E-state index is 0. The number of nitrogens with one attached hydrogen (secondary N) is 1. The maximum atomic E-state index is 14.3. The average Bonchev–Trinajstić information content (AvgIpc) is 2.98. The van der Waals surface area contributed by atoms with Crippen LogP contribution in [-0.4, -0.2) is 49.7 Å². The molecule has 0 spiro atoms. The number of nitriles is 1. The van der Waals surface area contributed by atoms with Gasteiger partial charge in [0.2, 0.25) is 0 Å². The van der Waals surface area contributed by atoms with Crippen molar-refractivity contribution in [3.8, 4) is 11.8 Å². The standard InChI is InChI=1S/C27H24FN3O2.C4H5NO2.Na/c1-20-24(18-32)3-2-4-27(20)33-19-22-7-5-21(6-8-22)17-30-11-13-31(14-12-30)26-10-9-23(16-29)15-25(26)28;1-2-4(7)5-3-6;/h2-10,15H,1,11-14,17,19H2;1-2H2,(H,5,6,7);/q2*-2;+1. The second-order valence-corrected chi connectivity index (χ2v) is 8.93. The van der Waals surface area contributed by atoms with E-state index in [1.165, 1.54) is 18.0 Å². The predicted octanol–water partition coefficient (Wildman–Crippen LogP) is 0.637. The summed E-state index contributed by atoms with van der Waals surface area (Å²) in [6.45, 7) is 11.5. The number of halogens is 1. The van der Waals surface area contributed by atoms with Crippen molar-refractivity contribution < 1.29 is 53.1 Å². The Bertz CT molecular complexity index is 1350. The summed E-state index contributed by atoms with van der Waals surface area (Å²) in [5.41, 5.74) is 4.07. The Kier molecular flexibility index (Phi) is 14.1. The number of imide groups is 1. The maximum Gasteiger partial charge on any atom is 1.00 e. The van der Waals surface area contributed by atoms with Gasteiger partial charge < -0.3 is 36.3 Å². The fourth-order valence-corrected chi connectivity index (χ4v) is 4.06. The normalized spacial score (nSPS) is 12.6. The molecule has 0 aromatic heterocycles. The van der Waals surface area contributed by atoms with Gasteiger partial charge in [0, 0.05) is 38.6 Å². The second kappa shape index (κ2) is 17.2. The van der Waals surface area contributed by atoms with Crippen molar-refractivity contribution in [2.75, 3.05) is 31.1 Å². The predicted molar refractivity (Wildman–Crippen MR) is 149 cm³/mol. The summed E-state index contributed by atoms with van der Waals surface area (Å²) in [5, 5.41) is 10.7. The third-order valence-electron chi connectivity index (χ3n) is 6.27. The molecule has 1 fully saturated rings. The number of anilines is 1. The van der Waals surface area contributed by atoms with Crippen LogP contribution in [0.5, 0.6) is 5.75 Å². The van der Waals surface area contributed by atoms with Crippen LogP contribution in [0.15, 0.2) is 60.7 Å². The number of benzene rings is 3. The van der Waals surface area contributed by atoms with E-state index in [4.69, 9.17) is 10.00 Å². The monoisotopic (exact) mass is 563 g/mol. The van der Waals surface area contributed by atoms with Gasteiger partial charge in [-0.15, -0.1) is 12.1 Å². The molecular formula is C31H29FN4NaO4-3. The van der Waals surface area contributed by atoms with E-state index in [0.29, 0.717) is 34.7 Å². The first-order valence-corrected chi connectivity index (χ1v) is 12.5. The molecule has 0 bridgehead atoms. The smallest absolute Gasteiger partial charge is 0.559 e. The average molecular weight is 564 g/mol. The first-order valence-electron chi connectivity index (χ1n) is 12.5. The number of rotatable bonds is 9. The summed E-state index contributed by atoms with van der Waals surface area (Å²) in [4.78, 5) is 34.6. The molecule has 0 aliphatic carbocycles. The van der Waals surface area contributed by atoms with E-state index in [-0.39, 0.29) is 41.8 Å². The molecule has 1 N–H and O–H groups in total. The van der Waals surface area contributed by atoms with E-state index >= 15 is 0 Å². The van der Waals surface area contributed by atoms with E-state index in [1.54, 1.807) is 35.6 Å². The molecule has 0 saturated carbocycles. The van der Waals surface area contributed by atoms with Crippen LogP contribution in [0.2, 0.25) is 0 Å². The van der Waals surface area contributed by atoms with Crippen LogP contribution in [-0.2, 0) is 27.5 Å². The van der Waals surface area contributed by atoms with Crippen LogP contribution in [0.25, 0.3) is 0 Å². The van der Waals surface area contributed by atoms with Crippen molar-refractivity contribution >= 4 is 24.3 Å². The molecular weight excluding hydrogens is 534 g/mol. The minimum atomic E-state index is -0.407. The second-order valence-electron chi connectivity index (χ2n) is 8.93. The summed E-state index contributed by atoms with van der Waals surface area (Å²) < 4.78 is 20.1. The quantitative estimate of drug-likeness (QED) is 0.232. The van der Waals surface area contributed by atoms with E-state index < -0.39 is 5.91 Å². The van der Waals surface area contributed by atoms with E-state index in [9.17, 15) is 18.8 Å². The largest absolute Gasteiger partial charge is 1.00 e. The zero-order valence-electron chi connectivity index (χ0n) is 23.0. The third-order valence-corrected chi connectivity index (χ3v) is 6.27. The van der Waals surface area contributed by atoms with Crippen molar-refractivity contribution in [1.29, 1.82) is 5.26 Å². The molecule has 0 unspecified atom stereocenters. The number of hydrogen-bond acceptors (Lipinski definition) is 7. The van der Waals surface area contributed by atoms with Crippen LogP contribution in [0, 0.1) is 31.0 Å². The number of carbonyl (C=O) groups is 1. The summed E-state index contributed by atoms with van der Waals surface area (Å²) in [7, 11) is 0. The molecule has 4 rings (SSSR count). The molecule has 0 atom stereocenters. The van der Waals surface area contributed by atoms with E-state index in [2.05, 4.69) is 30.9 Å². The van der Waals surface area contributed by atoms with Gasteiger partial charge in [-0.05, 0) is 41.4 Å². The molecule has 0 radical (unpaired) electrons. The van der Waals surface area contributed by atoms with Crippen LogP contribution >= 0.6 is 0 Å². The van der Waals surface area contributed by atoms with Gasteiger partial charge in [-0.3, -0.25) is 23.0 Å². The summed E-state index contributed by atoms with van der Waals surface area (Å²) in [6.07, 6.45) is 3.18. The molecule has 3 aromatic carbocycles. The van der Waals surface area contributed by atoms with Gasteiger partial charge in [0.15, 0.2) is 0 Å². The molecule has 2 amide bonds. The number of carbonyl (C=O) groups excluding carboxylic acids is 3. The summed E-state index contributed by atoms with van der Waals surface area (Å²) in [6, 6.07) is 20.1. The van der Waals surface area contributed by atoms with Gasteiger partial charge in [-0.2, -0.15) is 11.7 Å². The number of nitrogens with zero attached hydrogens (tertiary/aromatic N) is 3. The zero-order valence-corrected chi connectivity index (χ0v) is 25.0. The van der Waals surface area contributed by atoms with Crippen molar-refractivity contribution in [2.24, 2.45) is 0 Å². The molecule has 1 aliphatic heterocycles. The molecule has 10 heteroatoms. The van der Waals surface area contributed by atoms with Gasteiger partial charge >= 0.3 is 29.6 Å². The Hall–Kier alpha value is -3.68. The molecule has 208 valence electrons. The molecule has 3 aromatic rings. The number of ether oxygens (including phenoxy) is 1. The topological polar surface area (TPSA) is 103 Å². The van der Waals surface area contributed by atoms with Gasteiger partial charge in [0.05, 0.1) is 30.3 Å². The number of piperazine rings is 1. The van der Waals surface area contributed by atoms with Crippen LogP contribution in [0.3, 0.4) is 0 Å². The van der Waals surface area contributed by atoms with Crippen molar-refractivity contribution in [3.63, 3.8) is 0 Å². The Morgan fingerprint density at radius 3 is 2.29 bits per heavy atom. The van der Waals surface area contributed by atoms with Crippen LogP contribution in [0.4, 0.5) is 10.1 Å². The SMILES string of the molecule is [CH2-]CC(=O)N[C-]=O.[CH2-]c1c([C-]=O)cccc1OCc1ccc(CN2CCN(c3ccc(C#N)cc3F)CC2)cc1.[Na+]. The Balaban J connectivity index is 0.000000655. The number of amides is 2. The third kappa shape index (κ3) is 10.0. The Morgan fingerprint density at radius 2 is 1.73 bits per heavy atom. The van der Waals surface area contributed by atoms with Crippen LogP contribution < -0.4 is 44.5 Å². The van der Waals surface area contributed by atoms with Crippen molar-refractivity contribution in [2.45, 2.75) is 19.6 Å². The van der Waals surface area contributed by atoms with Crippen molar-refractivity contribution in [1.82, 2.24) is 10.2 Å².